The van der Waals surface area contributed by atoms with Crippen LogP contribution in [0.1, 0.15) is 55.6 Å². The molecule has 0 bridgehead atoms. The molecule has 0 radical (unpaired) electrons. The lowest BCUT2D eigenvalue weighted by atomic mass is 9.83. The third-order valence-electron chi connectivity index (χ3n) is 3.96. The lowest BCUT2D eigenvalue weighted by Crippen LogP contribution is -2.19. The van der Waals surface area contributed by atoms with Crippen LogP contribution < -0.4 is 5.32 Å². The van der Waals surface area contributed by atoms with Gasteiger partial charge in [-0.1, -0.05) is 6.42 Å². The second kappa shape index (κ2) is 3.63. The molecule has 1 aromatic heterocycles. The highest BCUT2D eigenvalue weighted by Gasteiger charge is 2.26. The van der Waals surface area contributed by atoms with Crippen LogP contribution in [-0.4, -0.2) is 16.1 Å². The Hall–Kier alpha value is -0.830. The molecule has 2 heterocycles. The molecule has 15 heavy (non-hydrogen) atoms. The molecule has 1 N–H and O–H groups in total. The minimum atomic E-state index is 0.504. The SMILES string of the molecule is Cn1c(C2CCC2)cnc1C1CCCN1. The van der Waals surface area contributed by atoms with Gasteiger partial charge in [-0.3, -0.25) is 0 Å². The standard InChI is InChI=1S/C12H19N3/c1-15-11(9-4-2-5-9)8-14-12(15)10-6-3-7-13-10/h8-10,13H,2-7H2,1H3. The molecule has 3 rings (SSSR count). The molecule has 1 aromatic rings. The number of hydrogen-bond acceptors (Lipinski definition) is 2. The molecule has 0 aromatic carbocycles. The first-order valence-electron chi connectivity index (χ1n) is 6.11. The summed E-state index contributed by atoms with van der Waals surface area (Å²) in [5.74, 6) is 2.03. The second-order valence-corrected chi connectivity index (χ2v) is 4.88. The Morgan fingerprint density at radius 3 is 2.80 bits per heavy atom. The Labute approximate surface area is 90.9 Å². The molecular formula is C12H19N3. The van der Waals surface area contributed by atoms with Gasteiger partial charge < -0.3 is 9.88 Å². The maximum absolute atomic E-state index is 4.60. The summed E-state index contributed by atoms with van der Waals surface area (Å²) in [5, 5.41) is 3.52. The van der Waals surface area contributed by atoms with Gasteiger partial charge in [0.25, 0.3) is 0 Å². The van der Waals surface area contributed by atoms with Crippen LogP contribution in [0.15, 0.2) is 6.20 Å². The molecule has 1 unspecified atom stereocenters. The number of imidazole rings is 1. The monoisotopic (exact) mass is 205 g/mol. The number of rotatable bonds is 2. The Kier molecular flexibility index (Phi) is 2.28. The summed E-state index contributed by atoms with van der Waals surface area (Å²) in [6.45, 7) is 1.15. The van der Waals surface area contributed by atoms with Crippen molar-refractivity contribution in [3.05, 3.63) is 17.7 Å². The molecule has 0 spiro atoms. The number of nitrogens with one attached hydrogen (secondary N) is 1. The summed E-state index contributed by atoms with van der Waals surface area (Å²) in [6.07, 6.45) is 8.74. The number of aromatic nitrogens is 2. The fourth-order valence-corrected chi connectivity index (χ4v) is 2.75. The molecule has 1 aliphatic carbocycles. The van der Waals surface area contributed by atoms with Crippen molar-refractivity contribution in [2.75, 3.05) is 6.54 Å². The van der Waals surface area contributed by atoms with E-state index in [4.69, 9.17) is 0 Å². The van der Waals surface area contributed by atoms with Crippen LogP contribution in [0.25, 0.3) is 0 Å². The first kappa shape index (κ1) is 9.40. The zero-order chi connectivity index (χ0) is 10.3. The Morgan fingerprint density at radius 1 is 1.33 bits per heavy atom. The maximum Gasteiger partial charge on any atom is 0.125 e. The van der Waals surface area contributed by atoms with Gasteiger partial charge in [-0.2, -0.15) is 0 Å². The minimum absolute atomic E-state index is 0.504. The van der Waals surface area contributed by atoms with E-state index in [1.807, 2.05) is 0 Å². The van der Waals surface area contributed by atoms with Crippen molar-refractivity contribution >= 4 is 0 Å². The predicted molar refractivity (Wildman–Crippen MR) is 59.8 cm³/mol. The summed E-state index contributed by atoms with van der Waals surface area (Å²) in [5.41, 5.74) is 1.45. The zero-order valence-corrected chi connectivity index (χ0v) is 9.37. The lowest BCUT2D eigenvalue weighted by Gasteiger charge is -2.26. The normalized spacial score (nSPS) is 26.9. The molecule has 82 valence electrons. The van der Waals surface area contributed by atoms with Crippen LogP contribution in [-0.2, 0) is 7.05 Å². The van der Waals surface area contributed by atoms with E-state index >= 15 is 0 Å². The third kappa shape index (κ3) is 1.49. The minimum Gasteiger partial charge on any atom is -0.334 e. The smallest absolute Gasteiger partial charge is 0.125 e. The van der Waals surface area contributed by atoms with Gasteiger partial charge in [-0.15, -0.1) is 0 Å². The van der Waals surface area contributed by atoms with Crippen molar-refractivity contribution in [1.29, 1.82) is 0 Å². The first-order chi connectivity index (χ1) is 7.36. The van der Waals surface area contributed by atoms with Crippen molar-refractivity contribution in [1.82, 2.24) is 14.9 Å². The predicted octanol–water partition coefficient (Wildman–Crippen LogP) is 2.11. The van der Waals surface area contributed by atoms with E-state index in [2.05, 4.69) is 28.1 Å². The Balaban J connectivity index is 1.85. The van der Waals surface area contributed by atoms with Gasteiger partial charge in [0.15, 0.2) is 0 Å². The summed E-state index contributed by atoms with van der Waals surface area (Å²) in [7, 11) is 2.18. The van der Waals surface area contributed by atoms with Crippen molar-refractivity contribution in [2.45, 2.75) is 44.1 Å². The molecule has 3 heteroatoms. The van der Waals surface area contributed by atoms with Crippen LogP contribution in [0.2, 0.25) is 0 Å². The Bertz CT molecular complexity index is 346. The van der Waals surface area contributed by atoms with Gasteiger partial charge in [0.2, 0.25) is 0 Å². The molecule has 1 atom stereocenters. The molecule has 2 fully saturated rings. The van der Waals surface area contributed by atoms with Crippen LogP contribution >= 0.6 is 0 Å². The van der Waals surface area contributed by atoms with Gasteiger partial charge in [0.05, 0.1) is 6.04 Å². The van der Waals surface area contributed by atoms with Crippen molar-refractivity contribution in [3.8, 4) is 0 Å². The van der Waals surface area contributed by atoms with Crippen LogP contribution in [0.4, 0.5) is 0 Å². The molecule has 0 amide bonds. The van der Waals surface area contributed by atoms with Gasteiger partial charge in [-0.05, 0) is 32.2 Å². The summed E-state index contributed by atoms with van der Waals surface area (Å²) in [6, 6.07) is 0.504. The Morgan fingerprint density at radius 2 is 2.20 bits per heavy atom. The summed E-state index contributed by atoms with van der Waals surface area (Å²) < 4.78 is 2.33. The molecule has 2 aliphatic rings. The fourth-order valence-electron chi connectivity index (χ4n) is 2.75. The fraction of sp³-hybridized carbons (Fsp3) is 0.750. The van der Waals surface area contributed by atoms with E-state index in [9.17, 15) is 0 Å². The average Bonchev–Trinajstić information content (AvgIpc) is 2.74. The van der Waals surface area contributed by atoms with Gasteiger partial charge >= 0.3 is 0 Å². The highest BCUT2D eigenvalue weighted by molar-refractivity contribution is 5.15. The van der Waals surface area contributed by atoms with E-state index in [0.717, 1.165) is 12.5 Å². The van der Waals surface area contributed by atoms with E-state index in [0.29, 0.717) is 6.04 Å². The zero-order valence-electron chi connectivity index (χ0n) is 9.37. The van der Waals surface area contributed by atoms with Gasteiger partial charge in [0.1, 0.15) is 5.82 Å². The van der Waals surface area contributed by atoms with Crippen LogP contribution in [0.5, 0.6) is 0 Å². The van der Waals surface area contributed by atoms with Gasteiger partial charge in [-0.25, -0.2) is 4.98 Å². The molecule has 1 saturated carbocycles. The van der Waals surface area contributed by atoms with E-state index in [1.54, 1.807) is 0 Å². The van der Waals surface area contributed by atoms with E-state index in [1.165, 1.54) is 43.6 Å². The van der Waals surface area contributed by atoms with E-state index < -0.39 is 0 Å². The van der Waals surface area contributed by atoms with Crippen LogP contribution in [0, 0.1) is 0 Å². The largest absolute Gasteiger partial charge is 0.334 e. The number of nitrogens with zero attached hydrogens (tertiary/aromatic N) is 2. The summed E-state index contributed by atoms with van der Waals surface area (Å²) >= 11 is 0. The van der Waals surface area contributed by atoms with Gasteiger partial charge in [0, 0.05) is 24.9 Å². The molecule has 1 saturated heterocycles. The average molecular weight is 205 g/mol. The topological polar surface area (TPSA) is 29.9 Å². The van der Waals surface area contributed by atoms with E-state index in [-0.39, 0.29) is 0 Å². The molecular weight excluding hydrogens is 186 g/mol. The number of hydrogen-bond donors (Lipinski definition) is 1. The van der Waals surface area contributed by atoms with Crippen molar-refractivity contribution in [2.24, 2.45) is 7.05 Å². The van der Waals surface area contributed by atoms with Crippen molar-refractivity contribution in [3.63, 3.8) is 0 Å². The maximum atomic E-state index is 4.60. The summed E-state index contributed by atoms with van der Waals surface area (Å²) in [4.78, 5) is 4.60. The first-order valence-corrected chi connectivity index (χ1v) is 6.11. The second-order valence-electron chi connectivity index (χ2n) is 4.88. The highest BCUT2D eigenvalue weighted by Crippen LogP contribution is 2.37. The lowest BCUT2D eigenvalue weighted by molar-refractivity contribution is 0.399. The van der Waals surface area contributed by atoms with Crippen LogP contribution in [0.3, 0.4) is 0 Å². The quantitative estimate of drug-likeness (QED) is 0.801. The highest BCUT2D eigenvalue weighted by atomic mass is 15.1. The molecule has 3 nitrogen and oxygen atoms in total. The van der Waals surface area contributed by atoms with Crippen molar-refractivity contribution < 1.29 is 0 Å². The molecule has 1 aliphatic heterocycles. The third-order valence-corrected chi connectivity index (χ3v) is 3.96.